The van der Waals surface area contributed by atoms with Crippen LogP contribution in [0.4, 0.5) is 0 Å². The first kappa shape index (κ1) is 23.3. The fourth-order valence-corrected chi connectivity index (χ4v) is 5.17. The lowest BCUT2D eigenvalue weighted by molar-refractivity contribution is 1.46. The van der Waals surface area contributed by atoms with E-state index in [9.17, 15) is 0 Å². The van der Waals surface area contributed by atoms with Crippen molar-refractivity contribution in [2.75, 3.05) is 0 Å². The smallest absolute Gasteiger partial charge is 0.0445 e. The summed E-state index contributed by atoms with van der Waals surface area (Å²) in [6.07, 6.45) is 4.14. The lowest BCUT2D eigenvalue weighted by Crippen LogP contribution is -1.71. The molecule has 29 heavy (non-hydrogen) atoms. The van der Waals surface area contributed by atoms with Crippen LogP contribution in [0.25, 0.3) is 15.8 Å². The zero-order valence-corrected chi connectivity index (χ0v) is 20.6. The molecule has 3 heterocycles. The Morgan fingerprint density at radius 3 is 1.24 bits per heavy atom. The highest BCUT2D eigenvalue weighted by molar-refractivity contribution is 7.22. The second kappa shape index (κ2) is 11.9. The molecule has 0 radical (unpaired) electrons. The highest BCUT2D eigenvalue weighted by atomic mass is 32.1. The van der Waals surface area contributed by atoms with Crippen LogP contribution in [0.15, 0.2) is 66.7 Å². The number of thiophene rings is 3. The molecule has 0 N–H and O–H groups in total. The number of benzene rings is 1. The number of hydrogen-bond acceptors (Lipinski definition) is 3. The Bertz CT molecular complexity index is 956. The van der Waals surface area contributed by atoms with E-state index in [0.717, 1.165) is 0 Å². The third-order valence-electron chi connectivity index (χ3n) is 4.03. The Kier molecular flexibility index (Phi) is 9.59. The minimum absolute atomic E-state index is 1.27. The minimum Gasteiger partial charge on any atom is -0.146 e. The standard InChI is InChI=1S/C10H10S2.C10H12.C6H8S/c1-7-3-5-9(11-7)10-6-4-8(2)12-10;1-3-4-10-7-5-9(2)6-8-10;1-5-3-4-6(2)7-5/h3-6H,1-2H3;3-8H,1-2H3;3-4H,1-2H3/b;4-3+;. The van der Waals surface area contributed by atoms with Gasteiger partial charge in [-0.3, -0.25) is 0 Å². The number of aryl methyl sites for hydroxylation is 5. The van der Waals surface area contributed by atoms with Crippen molar-refractivity contribution in [2.45, 2.75) is 41.5 Å². The van der Waals surface area contributed by atoms with Crippen molar-refractivity contribution in [1.29, 1.82) is 0 Å². The van der Waals surface area contributed by atoms with Crippen LogP contribution in [-0.4, -0.2) is 0 Å². The number of hydrogen-bond donors (Lipinski definition) is 0. The normalized spacial score (nSPS) is 10.3. The van der Waals surface area contributed by atoms with Crippen molar-refractivity contribution in [1.82, 2.24) is 0 Å². The molecule has 4 aromatic rings. The van der Waals surface area contributed by atoms with Crippen molar-refractivity contribution in [3.8, 4) is 9.75 Å². The molecule has 1 aromatic carbocycles. The van der Waals surface area contributed by atoms with E-state index in [1.54, 1.807) is 0 Å². The Labute approximate surface area is 188 Å². The molecular weight excluding hydrogens is 408 g/mol. The van der Waals surface area contributed by atoms with E-state index in [0.29, 0.717) is 0 Å². The van der Waals surface area contributed by atoms with Crippen LogP contribution in [0.5, 0.6) is 0 Å². The largest absolute Gasteiger partial charge is 0.146 e. The Balaban J connectivity index is 0.000000161. The fourth-order valence-electron chi connectivity index (χ4n) is 2.56. The molecule has 0 unspecified atom stereocenters. The Morgan fingerprint density at radius 1 is 0.517 bits per heavy atom. The van der Waals surface area contributed by atoms with Gasteiger partial charge in [-0.2, -0.15) is 0 Å². The van der Waals surface area contributed by atoms with E-state index >= 15 is 0 Å². The van der Waals surface area contributed by atoms with Crippen molar-refractivity contribution < 1.29 is 0 Å². The molecule has 0 spiro atoms. The second-order valence-electron chi connectivity index (χ2n) is 6.89. The molecule has 0 saturated heterocycles. The molecule has 3 aromatic heterocycles. The van der Waals surface area contributed by atoms with Crippen molar-refractivity contribution in [3.63, 3.8) is 0 Å². The van der Waals surface area contributed by atoms with Gasteiger partial charge in [-0.15, -0.1) is 34.0 Å². The first-order chi connectivity index (χ1) is 13.9. The lowest BCUT2D eigenvalue weighted by atomic mass is 10.1. The van der Waals surface area contributed by atoms with Crippen molar-refractivity contribution >= 4 is 40.1 Å². The Morgan fingerprint density at radius 2 is 0.931 bits per heavy atom. The monoisotopic (exact) mass is 438 g/mol. The molecular formula is C26H30S3. The zero-order valence-electron chi connectivity index (χ0n) is 18.2. The van der Waals surface area contributed by atoms with Gasteiger partial charge in [-0.05, 0) is 83.5 Å². The molecule has 0 fully saturated rings. The maximum Gasteiger partial charge on any atom is 0.0445 e. The molecule has 152 valence electrons. The van der Waals surface area contributed by atoms with Gasteiger partial charge < -0.3 is 0 Å². The summed E-state index contributed by atoms with van der Waals surface area (Å²) in [5.41, 5.74) is 2.58. The van der Waals surface area contributed by atoms with Gasteiger partial charge in [0.2, 0.25) is 0 Å². The van der Waals surface area contributed by atoms with Crippen molar-refractivity contribution in [3.05, 3.63) is 97.4 Å². The molecule has 4 rings (SSSR count). The van der Waals surface area contributed by atoms with Gasteiger partial charge in [0.1, 0.15) is 0 Å². The van der Waals surface area contributed by atoms with Gasteiger partial charge in [0.25, 0.3) is 0 Å². The van der Waals surface area contributed by atoms with E-state index < -0.39 is 0 Å². The number of rotatable bonds is 2. The summed E-state index contributed by atoms with van der Waals surface area (Å²) in [5.74, 6) is 0. The molecule has 0 aliphatic heterocycles. The van der Waals surface area contributed by atoms with Crippen LogP contribution >= 0.6 is 34.0 Å². The first-order valence-corrected chi connectivity index (χ1v) is 12.2. The second-order valence-corrected chi connectivity index (χ2v) is 11.0. The summed E-state index contributed by atoms with van der Waals surface area (Å²) in [4.78, 5) is 8.36. The highest BCUT2D eigenvalue weighted by Crippen LogP contribution is 2.32. The predicted molar refractivity (Wildman–Crippen MR) is 137 cm³/mol. The molecule has 0 nitrogen and oxygen atoms in total. The fraction of sp³-hybridized carbons (Fsp3) is 0.231. The van der Waals surface area contributed by atoms with E-state index in [-0.39, 0.29) is 0 Å². The lowest BCUT2D eigenvalue weighted by Gasteiger charge is -1.92. The van der Waals surface area contributed by atoms with Crippen LogP contribution < -0.4 is 0 Å². The highest BCUT2D eigenvalue weighted by Gasteiger charge is 2.01. The SMILES string of the molecule is C/C=C/c1ccc(C)cc1.Cc1ccc(-c2ccc(C)s2)s1.Cc1ccc(C)s1. The average molecular weight is 439 g/mol. The van der Waals surface area contributed by atoms with E-state index in [4.69, 9.17) is 0 Å². The molecule has 0 atom stereocenters. The first-order valence-electron chi connectivity index (χ1n) is 9.73. The number of allylic oxidation sites excluding steroid dienone is 1. The van der Waals surface area contributed by atoms with Gasteiger partial charge in [-0.25, -0.2) is 0 Å². The van der Waals surface area contributed by atoms with Crippen LogP contribution in [0.3, 0.4) is 0 Å². The molecule has 0 aliphatic rings. The van der Waals surface area contributed by atoms with E-state index in [1.807, 2.05) is 47.0 Å². The van der Waals surface area contributed by atoms with Gasteiger partial charge in [0, 0.05) is 29.3 Å². The molecule has 0 bridgehead atoms. The summed E-state index contributed by atoms with van der Waals surface area (Å²) >= 11 is 5.57. The summed E-state index contributed by atoms with van der Waals surface area (Å²) < 4.78 is 0. The average Bonchev–Trinajstić information content (AvgIpc) is 3.40. The van der Waals surface area contributed by atoms with Gasteiger partial charge in [0.15, 0.2) is 0 Å². The van der Waals surface area contributed by atoms with Crippen LogP contribution in [0.1, 0.15) is 37.6 Å². The molecule has 0 amide bonds. The molecule has 0 saturated carbocycles. The predicted octanol–water partition coefficient (Wildman–Crippen LogP) is 9.49. The van der Waals surface area contributed by atoms with E-state index in [1.165, 1.54) is 40.4 Å². The Hall–Kier alpha value is -1.94. The summed E-state index contributed by atoms with van der Waals surface area (Å²) in [6.45, 7) is 12.7. The van der Waals surface area contributed by atoms with Crippen LogP contribution in [-0.2, 0) is 0 Å². The molecule has 3 heteroatoms. The third kappa shape index (κ3) is 8.53. The van der Waals surface area contributed by atoms with Gasteiger partial charge in [-0.1, -0.05) is 42.0 Å². The zero-order chi connectivity index (χ0) is 21.2. The third-order valence-corrected chi connectivity index (χ3v) is 7.15. The van der Waals surface area contributed by atoms with Crippen LogP contribution in [0.2, 0.25) is 0 Å². The summed E-state index contributed by atoms with van der Waals surface area (Å²) in [7, 11) is 0. The van der Waals surface area contributed by atoms with E-state index in [2.05, 4.69) is 101 Å². The van der Waals surface area contributed by atoms with Crippen LogP contribution in [0, 0.1) is 34.6 Å². The summed E-state index contributed by atoms with van der Waals surface area (Å²) in [6, 6.07) is 21.5. The quantitative estimate of drug-likeness (QED) is 0.292. The molecule has 0 aliphatic carbocycles. The minimum atomic E-state index is 1.27. The summed E-state index contributed by atoms with van der Waals surface area (Å²) in [5, 5.41) is 0. The maximum absolute atomic E-state index is 2.20. The van der Waals surface area contributed by atoms with Crippen molar-refractivity contribution in [2.24, 2.45) is 0 Å². The maximum atomic E-state index is 2.20. The van der Waals surface area contributed by atoms with Gasteiger partial charge in [0.05, 0.1) is 0 Å². The van der Waals surface area contributed by atoms with Gasteiger partial charge >= 0.3 is 0 Å². The topological polar surface area (TPSA) is 0 Å².